The number of anilines is 1. The van der Waals surface area contributed by atoms with Gasteiger partial charge in [0.1, 0.15) is 10.8 Å². The van der Waals surface area contributed by atoms with Gasteiger partial charge in [-0.1, -0.05) is 11.6 Å². The number of imidazole rings is 1. The summed E-state index contributed by atoms with van der Waals surface area (Å²) in [7, 11) is 0. The number of H-pyrrole nitrogens is 1. The molecule has 0 spiro atoms. The second-order valence-corrected chi connectivity index (χ2v) is 4.81. The molecule has 0 aliphatic carbocycles. The fourth-order valence-electron chi connectivity index (χ4n) is 1.69. The number of nitrogens with zero attached hydrogens (tertiary/aromatic N) is 3. The third-order valence-corrected chi connectivity index (χ3v) is 3.03. The van der Waals surface area contributed by atoms with Crippen LogP contribution in [0.15, 0.2) is 23.4 Å². The quantitative estimate of drug-likeness (QED) is 0.877. The minimum absolute atomic E-state index is 0.0119. The van der Waals surface area contributed by atoms with Crippen LogP contribution in [0.1, 0.15) is 25.7 Å². The average Bonchev–Trinajstić information content (AvgIpc) is 2.87. The summed E-state index contributed by atoms with van der Waals surface area (Å²) >= 11 is 6.04. The van der Waals surface area contributed by atoms with Gasteiger partial charge >= 0.3 is 0 Å². The Kier molecular flexibility index (Phi) is 4.21. The van der Waals surface area contributed by atoms with Crippen molar-refractivity contribution in [2.24, 2.45) is 0 Å². The molecule has 0 bridgehead atoms. The molecule has 2 rings (SSSR count). The Morgan fingerprint density at radius 2 is 2.32 bits per heavy atom. The first-order valence-electron chi connectivity index (χ1n) is 6.09. The van der Waals surface area contributed by atoms with Gasteiger partial charge in [0, 0.05) is 25.4 Å². The highest BCUT2D eigenvalue weighted by molar-refractivity contribution is 6.32. The van der Waals surface area contributed by atoms with Crippen molar-refractivity contribution in [2.75, 3.05) is 11.9 Å². The first kappa shape index (κ1) is 13.6. The molecular formula is C12H16ClN5O. The van der Waals surface area contributed by atoms with Crippen LogP contribution >= 0.6 is 11.6 Å². The van der Waals surface area contributed by atoms with Gasteiger partial charge in [-0.15, -0.1) is 0 Å². The van der Waals surface area contributed by atoms with Gasteiger partial charge in [0.25, 0.3) is 5.56 Å². The summed E-state index contributed by atoms with van der Waals surface area (Å²) in [6.45, 7) is 4.39. The molecule has 0 aliphatic heterocycles. The SMILES string of the molecule is CC(C)n1ncc(NCCc2ncc[nH]2)c(Cl)c1=O. The zero-order valence-corrected chi connectivity index (χ0v) is 11.6. The summed E-state index contributed by atoms with van der Waals surface area (Å²) in [6, 6.07) is -0.0119. The maximum absolute atomic E-state index is 11.9. The Morgan fingerprint density at radius 3 is 2.95 bits per heavy atom. The van der Waals surface area contributed by atoms with Crippen LogP contribution in [0.4, 0.5) is 5.69 Å². The van der Waals surface area contributed by atoms with Crippen LogP contribution < -0.4 is 10.9 Å². The van der Waals surface area contributed by atoms with E-state index in [2.05, 4.69) is 20.4 Å². The van der Waals surface area contributed by atoms with Crippen molar-refractivity contribution >= 4 is 17.3 Å². The Labute approximate surface area is 115 Å². The molecule has 19 heavy (non-hydrogen) atoms. The molecule has 102 valence electrons. The molecule has 7 heteroatoms. The number of hydrogen-bond acceptors (Lipinski definition) is 4. The summed E-state index contributed by atoms with van der Waals surface area (Å²) in [4.78, 5) is 19.1. The van der Waals surface area contributed by atoms with E-state index in [-0.39, 0.29) is 16.6 Å². The van der Waals surface area contributed by atoms with Gasteiger partial charge in [-0.3, -0.25) is 4.79 Å². The zero-order valence-electron chi connectivity index (χ0n) is 10.9. The van der Waals surface area contributed by atoms with Gasteiger partial charge in [-0.25, -0.2) is 9.67 Å². The minimum atomic E-state index is -0.278. The zero-order chi connectivity index (χ0) is 13.8. The third kappa shape index (κ3) is 3.14. The predicted octanol–water partition coefficient (Wildman–Crippen LogP) is 1.86. The number of aromatic nitrogens is 4. The van der Waals surface area contributed by atoms with E-state index < -0.39 is 0 Å². The van der Waals surface area contributed by atoms with E-state index >= 15 is 0 Å². The number of rotatable bonds is 5. The number of halogens is 1. The predicted molar refractivity (Wildman–Crippen MR) is 74.7 cm³/mol. The highest BCUT2D eigenvalue weighted by Crippen LogP contribution is 2.16. The summed E-state index contributed by atoms with van der Waals surface area (Å²) in [5.74, 6) is 0.882. The molecule has 0 unspecified atom stereocenters. The normalized spacial score (nSPS) is 10.9. The topological polar surface area (TPSA) is 75.6 Å². The van der Waals surface area contributed by atoms with E-state index in [0.29, 0.717) is 12.2 Å². The minimum Gasteiger partial charge on any atom is -0.382 e. The van der Waals surface area contributed by atoms with Gasteiger partial charge in [0.15, 0.2) is 0 Å². The smallest absolute Gasteiger partial charge is 0.287 e. The number of hydrogen-bond donors (Lipinski definition) is 2. The Morgan fingerprint density at radius 1 is 1.53 bits per heavy atom. The monoisotopic (exact) mass is 281 g/mol. The van der Waals surface area contributed by atoms with Crippen LogP contribution in [-0.4, -0.2) is 26.3 Å². The van der Waals surface area contributed by atoms with E-state index in [9.17, 15) is 4.79 Å². The lowest BCUT2D eigenvalue weighted by Gasteiger charge is -2.11. The van der Waals surface area contributed by atoms with Crippen LogP contribution in [0.25, 0.3) is 0 Å². The van der Waals surface area contributed by atoms with E-state index in [1.54, 1.807) is 18.6 Å². The molecule has 0 atom stereocenters. The molecular weight excluding hydrogens is 266 g/mol. The van der Waals surface area contributed by atoms with Crippen molar-refractivity contribution in [3.63, 3.8) is 0 Å². The van der Waals surface area contributed by atoms with Gasteiger partial charge in [0.05, 0.1) is 17.9 Å². The maximum Gasteiger partial charge on any atom is 0.287 e. The fourth-order valence-corrected chi connectivity index (χ4v) is 1.89. The molecule has 0 aromatic carbocycles. The summed E-state index contributed by atoms with van der Waals surface area (Å²) < 4.78 is 1.36. The van der Waals surface area contributed by atoms with Crippen LogP contribution in [0.5, 0.6) is 0 Å². The highest BCUT2D eigenvalue weighted by atomic mass is 35.5. The van der Waals surface area contributed by atoms with E-state index in [1.165, 1.54) is 4.68 Å². The second kappa shape index (κ2) is 5.88. The molecule has 0 fully saturated rings. The van der Waals surface area contributed by atoms with Crippen molar-refractivity contribution < 1.29 is 0 Å². The number of aromatic amines is 1. The summed E-state index contributed by atoms with van der Waals surface area (Å²) in [6.07, 6.45) is 5.77. The van der Waals surface area contributed by atoms with E-state index in [0.717, 1.165) is 12.2 Å². The van der Waals surface area contributed by atoms with Gasteiger partial charge in [0.2, 0.25) is 0 Å². The van der Waals surface area contributed by atoms with Crippen molar-refractivity contribution in [1.29, 1.82) is 0 Å². The average molecular weight is 282 g/mol. The van der Waals surface area contributed by atoms with Crippen LogP contribution in [-0.2, 0) is 6.42 Å². The van der Waals surface area contributed by atoms with Crippen molar-refractivity contribution in [3.8, 4) is 0 Å². The highest BCUT2D eigenvalue weighted by Gasteiger charge is 2.10. The first-order valence-corrected chi connectivity index (χ1v) is 6.47. The molecule has 0 saturated carbocycles. The summed E-state index contributed by atoms with van der Waals surface area (Å²) in [5.41, 5.74) is 0.273. The molecule has 0 saturated heterocycles. The Hall–Kier alpha value is -1.82. The van der Waals surface area contributed by atoms with E-state index in [4.69, 9.17) is 11.6 Å². The van der Waals surface area contributed by atoms with Crippen LogP contribution in [0, 0.1) is 0 Å². The molecule has 0 radical (unpaired) electrons. The van der Waals surface area contributed by atoms with Gasteiger partial charge in [-0.05, 0) is 13.8 Å². The van der Waals surface area contributed by atoms with Crippen LogP contribution in [0.3, 0.4) is 0 Å². The van der Waals surface area contributed by atoms with E-state index in [1.807, 2.05) is 13.8 Å². The molecule has 2 heterocycles. The molecule has 6 nitrogen and oxygen atoms in total. The second-order valence-electron chi connectivity index (χ2n) is 4.43. The standard InChI is InChI=1S/C12H16ClN5O/c1-8(2)18-12(19)11(13)9(7-17-18)14-4-3-10-15-5-6-16-10/h5-8,14H,3-4H2,1-2H3,(H,15,16). The van der Waals surface area contributed by atoms with Crippen molar-refractivity contribution in [1.82, 2.24) is 19.7 Å². The Bertz CT molecular complexity index is 591. The summed E-state index contributed by atoms with van der Waals surface area (Å²) in [5, 5.41) is 7.35. The number of nitrogens with one attached hydrogen (secondary N) is 2. The van der Waals surface area contributed by atoms with Crippen molar-refractivity contribution in [2.45, 2.75) is 26.3 Å². The Balaban J connectivity index is 2.05. The lowest BCUT2D eigenvalue weighted by atomic mass is 10.3. The lowest BCUT2D eigenvalue weighted by molar-refractivity contribution is 0.503. The van der Waals surface area contributed by atoms with Gasteiger partial charge in [-0.2, -0.15) is 5.10 Å². The van der Waals surface area contributed by atoms with Gasteiger partial charge < -0.3 is 10.3 Å². The molecule has 2 N–H and O–H groups in total. The third-order valence-electron chi connectivity index (χ3n) is 2.66. The fraction of sp³-hybridized carbons (Fsp3) is 0.417. The lowest BCUT2D eigenvalue weighted by Crippen LogP contribution is -2.26. The maximum atomic E-state index is 11.9. The van der Waals surface area contributed by atoms with Crippen molar-refractivity contribution in [3.05, 3.63) is 39.8 Å². The molecule has 2 aromatic heterocycles. The molecule has 0 aliphatic rings. The van der Waals surface area contributed by atoms with Crippen LogP contribution in [0.2, 0.25) is 5.02 Å². The first-order chi connectivity index (χ1) is 9.09. The largest absolute Gasteiger partial charge is 0.382 e. The molecule has 0 amide bonds. The molecule has 2 aromatic rings.